The lowest BCUT2D eigenvalue weighted by atomic mass is 10.3. The molecule has 18 heavy (non-hydrogen) atoms. The fourth-order valence-corrected chi connectivity index (χ4v) is 5.09. The Morgan fingerprint density at radius 2 is 1.67 bits per heavy atom. The Hall–Kier alpha value is -1.10. The molecule has 0 aliphatic carbocycles. The van der Waals surface area contributed by atoms with E-state index >= 15 is 0 Å². The third-order valence-electron chi connectivity index (χ3n) is 3.78. The molecule has 0 unspecified atom stereocenters. The van der Waals surface area contributed by atoms with Crippen LogP contribution in [0.4, 0.5) is 0 Å². The van der Waals surface area contributed by atoms with Crippen molar-refractivity contribution in [3.8, 4) is 0 Å². The van der Waals surface area contributed by atoms with Gasteiger partial charge in [0.1, 0.15) is 0 Å². The van der Waals surface area contributed by atoms with Gasteiger partial charge in [-0.1, -0.05) is 38.9 Å². The van der Waals surface area contributed by atoms with Gasteiger partial charge in [-0.2, -0.15) is 0 Å². The van der Waals surface area contributed by atoms with E-state index in [1.807, 2.05) is 0 Å². The number of hydrogen-bond acceptors (Lipinski definition) is 3. The Morgan fingerprint density at radius 3 is 2.06 bits per heavy atom. The third-order valence-corrected chi connectivity index (χ3v) is 9.54. The number of carboxylic acids is 1. The lowest BCUT2D eigenvalue weighted by molar-refractivity contribution is -0.139. The van der Waals surface area contributed by atoms with Crippen LogP contribution in [0.2, 0.25) is 24.2 Å². The van der Waals surface area contributed by atoms with E-state index in [-0.39, 0.29) is 5.57 Å². The summed E-state index contributed by atoms with van der Waals surface area (Å²) < 4.78 is 5.13. The van der Waals surface area contributed by atoms with Crippen molar-refractivity contribution in [3.63, 3.8) is 0 Å². The van der Waals surface area contributed by atoms with Crippen LogP contribution in [0.25, 0.3) is 0 Å². The summed E-state index contributed by atoms with van der Waals surface area (Å²) in [7, 11) is -1.26. The van der Waals surface area contributed by atoms with Gasteiger partial charge in [0, 0.05) is 11.6 Å². The lowest BCUT2D eigenvalue weighted by Crippen LogP contribution is -2.33. The minimum absolute atomic E-state index is 0.138. The molecule has 0 aromatic heterocycles. The molecule has 0 aromatic rings. The van der Waals surface area contributed by atoms with Crippen molar-refractivity contribution in [3.05, 3.63) is 11.6 Å². The smallest absolute Gasteiger partial charge is 0.333 e. The topological polar surface area (TPSA) is 63.6 Å². The largest absolute Gasteiger partial charge is 0.478 e. The second kappa shape index (κ2) is 8.08. The molecule has 0 atom stereocenters. The van der Waals surface area contributed by atoms with Crippen molar-refractivity contribution in [2.24, 2.45) is 0 Å². The molecule has 0 spiro atoms. The molecule has 104 valence electrons. The van der Waals surface area contributed by atoms with Gasteiger partial charge in [0.2, 0.25) is 0 Å². The molecular weight excluding hydrogens is 248 g/mol. The summed E-state index contributed by atoms with van der Waals surface area (Å²) in [5, 5.41) is 8.52. The summed E-state index contributed by atoms with van der Waals surface area (Å²) in [6, 6.07) is 4.55. The first-order chi connectivity index (χ1) is 8.40. The van der Waals surface area contributed by atoms with Gasteiger partial charge in [0.25, 0.3) is 0 Å². The maximum Gasteiger partial charge on any atom is 0.333 e. The number of carbonyl (C=O) groups excluding carboxylic acids is 1. The van der Waals surface area contributed by atoms with Gasteiger partial charge in [-0.15, -0.1) is 0 Å². The zero-order valence-electron chi connectivity index (χ0n) is 11.8. The summed E-state index contributed by atoms with van der Waals surface area (Å²) in [5.74, 6) is -1.65. The number of esters is 1. The molecule has 0 bridgehead atoms. The van der Waals surface area contributed by atoms with Crippen molar-refractivity contribution < 1.29 is 19.4 Å². The molecule has 0 amide bonds. The molecule has 0 radical (unpaired) electrons. The van der Waals surface area contributed by atoms with Crippen molar-refractivity contribution in [2.75, 3.05) is 6.61 Å². The van der Waals surface area contributed by atoms with Crippen molar-refractivity contribution in [2.45, 2.75) is 51.9 Å². The molecule has 0 saturated heterocycles. The monoisotopic (exact) mass is 272 g/mol. The average molecular weight is 272 g/mol. The first-order valence-electron chi connectivity index (χ1n) is 6.49. The molecule has 5 heteroatoms. The molecule has 0 rings (SSSR count). The van der Waals surface area contributed by atoms with E-state index in [1.54, 1.807) is 0 Å². The van der Waals surface area contributed by atoms with Crippen molar-refractivity contribution >= 4 is 20.0 Å². The SMILES string of the molecule is CC[Si](CC)(CC)CCOC(=O)/C(C)=C\C(=O)O. The lowest BCUT2D eigenvalue weighted by Gasteiger charge is -2.27. The first kappa shape index (κ1) is 16.9. The van der Waals surface area contributed by atoms with Gasteiger partial charge < -0.3 is 9.84 Å². The highest BCUT2D eigenvalue weighted by Gasteiger charge is 2.26. The van der Waals surface area contributed by atoms with Crippen LogP contribution in [0.3, 0.4) is 0 Å². The molecule has 0 aliphatic heterocycles. The van der Waals surface area contributed by atoms with Crippen LogP contribution in [0, 0.1) is 0 Å². The van der Waals surface area contributed by atoms with E-state index in [0.717, 1.165) is 12.1 Å². The zero-order valence-corrected chi connectivity index (χ0v) is 12.8. The number of ether oxygens (including phenoxy) is 1. The fraction of sp³-hybridized carbons (Fsp3) is 0.692. The number of hydrogen-bond donors (Lipinski definition) is 1. The molecule has 0 saturated carbocycles. The van der Waals surface area contributed by atoms with Gasteiger partial charge in [-0.3, -0.25) is 0 Å². The summed E-state index contributed by atoms with van der Waals surface area (Å²) in [4.78, 5) is 21.9. The van der Waals surface area contributed by atoms with Gasteiger partial charge in [0.05, 0.1) is 14.7 Å². The second-order valence-electron chi connectivity index (χ2n) is 4.61. The second-order valence-corrected chi connectivity index (χ2v) is 10.2. The van der Waals surface area contributed by atoms with Crippen LogP contribution in [-0.4, -0.2) is 31.7 Å². The minimum Gasteiger partial charge on any atom is -0.478 e. The van der Waals surface area contributed by atoms with Crippen LogP contribution in [0.1, 0.15) is 27.7 Å². The normalized spacial score (nSPS) is 12.3. The highest BCUT2D eigenvalue weighted by atomic mass is 28.3. The molecule has 0 heterocycles. The zero-order chi connectivity index (χ0) is 14.2. The fourth-order valence-electron chi connectivity index (χ4n) is 2.00. The standard InChI is InChI=1S/C13H24O4Si/c1-5-18(6-2,7-3)9-8-17-13(16)11(4)10-12(14)15/h10H,5-9H2,1-4H3,(H,14,15)/b11-10-. The van der Waals surface area contributed by atoms with Crippen LogP contribution < -0.4 is 0 Å². The highest BCUT2D eigenvalue weighted by Crippen LogP contribution is 2.24. The van der Waals surface area contributed by atoms with Gasteiger partial charge >= 0.3 is 11.9 Å². The van der Waals surface area contributed by atoms with Crippen LogP contribution >= 0.6 is 0 Å². The average Bonchev–Trinajstić information content (AvgIpc) is 2.34. The first-order valence-corrected chi connectivity index (χ1v) is 9.32. The van der Waals surface area contributed by atoms with E-state index < -0.39 is 20.0 Å². The molecule has 0 aliphatic rings. The van der Waals surface area contributed by atoms with Gasteiger partial charge in [-0.25, -0.2) is 9.59 Å². The summed E-state index contributed by atoms with van der Waals surface area (Å²) >= 11 is 0. The Labute approximate surface area is 110 Å². The predicted molar refractivity (Wildman–Crippen MR) is 74.4 cm³/mol. The number of aliphatic carboxylic acids is 1. The van der Waals surface area contributed by atoms with Crippen molar-refractivity contribution in [1.29, 1.82) is 0 Å². The Kier molecular flexibility index (Phi) is 7.58. The third kappa shape index (κ3) is 5.49. The van der Waals surface area contributed by atoms with Crippen LogP contribution in [0.15, 0.2) is 11.6 Å². The summed E-state index contributed by atoms with van der Waals surface area (Å²) in [5.41, 5.74) is 0.138. The minimum atomic E-state index is -1.26. The van der Waals surface area contributed by atoms with Gasteiger partial charge in [-0.05, 0) is 13.0 Å². The summed E-state index contributed by atoms with van der Waals surface area (Å²) in [6.45, 7) is 8.48. The molecule has 0 fully saturated rings. The highest BCUT2D eigenvalue weighted by molar-refractivity contribution is 6.79. The van der Waals surface area contributed by atoms with E-state index in [1.165, 1.54) is 25.1 Å². The van der Waals surface area contributed by atoms with E-state index in [9.17, 15) is 9.59 Å². The van der Waals surface area contributed by atoms with Crippen LogP contribution in [-0.2, 0) is 14.3 Å². The van der Waals surface area contributed by atoms with E-state index in [0.29, 0.717) is 6.61 Å². The Morgan fingerprint density at radius 1 is 1.17 bits per heavy atom. The maximum atomic E-state index is 11.5. The van der Waals surface area contributed by atoms with E-state index in [2.05, 4.69) is 20.8 Å². The molecule has 4 nitrogen and oxygen atoms in total. The predicted octanol–water partition coefficient (Wildman–Crippen LogP) is 3.07. The number of rotatable bonds is 8. The van der Waals surface area contributed by atoms with Gasteiger partial charge in [0.15, 0.2) is 0 Å². The van der Waals surface area contributed by atoms with Crippen LogP contribution in [0.5, 0.6) is 0 Å². The molecule has 0 aromatic carbocycles. The Bertz CT molecular complexity index is 311. The quantitative estimate of drug-likeness (QED) is 0.419. The molecular formula is C13H24O4Si. The maximum absolute atomic E-state index is 11.5. The van der Waals surface area contributed by atoms with E-state index in [4.69, 9.17) is 9.84 Å². The molecule has 1 N–H and O–H groups in total. The van der Waals surface area contributed by atoms with Crippen molar-refractivity contribution in [1.82, 2.24) is 0 Å². The summed E-state index contributed by atoms with van der Waals surface area (Å²) in [6.07, 6.45) is 0.881. The number of carbonyl (C=O) groups is 2. The number of carboxylic acid groups (broad SMARTS) is 1. The Balaban J connectivity index is 4.27.